The zero-order chi connectivity index (χ0) is 46.8. The highest BCUT2D eigenvalue weighted by atomic mass is 32.2. The largest absolute Gasteiger partial charge is 0.451 e. The van der Waals surface area contributed by atoms with Gasteiger partial charge in [0, 0.05) is 17.6 Å². The average Bonchev–Trinajstić information content (AvgIpc) is 3.76. The number of esters is 2. The number of nitrogens with two attached hydrogens (primary N) is 1. The van der Waals surface area contributed by atoms with Crippen molar-refractivity contribution in [2.24, 2.45) is 5.16 Å². The van der Waals surface area contributed by atoms with E-state index in [0.29, 0.717) is 22.5 Å². The van der Waals surface area contributed by atoms with Crippen molar-refractivity contribution in [2.75, 3.05) is 18.1 Å². The molecule has 3 atom stereocenters. The summed E-state index contributed by atoms with van der Waals surface area (Å²) in [6.07, 6.45) is -1.07. The van der Waals surface area contributed by atoms with Gasteiger partial charge < -0.3 is 35.4 Å². The number of fused-ring (bicyclic) bond motifs is 1. The van der Waals surface area contributed by atoms with E-state index in [1.807, 2.05) is 121 Å². The van der Waals surface area contributed by atoms with E-state index in [4.69, 9.17) is 24.8 Å². The van der Waals surface area contributed by atoms with Gasteiger partial charge >= 0.3 is 18.0 Å². The summed E-state index contributed by atoms with van der Waals surface area (Å²) in [6, 6.07) is 34.5. The molecular formula is C49H48N6O9S2. The molecule has 0 bridgehead atoms. The molecule has 4 aromatic carbocycles. The number of nitrogens with one attached hydrogen (secondary N) is 2. The van der Waals surface area contributed by atoms with E-state index in [9.17, 15) is 24.0 Å². The van der Waals surface area contributed by atoms with E-state index in [0.717, 1.165) is 22.5 Å². The number of hydrogen-bond acceptors (Lipinski definition) is 14. The Labute approximate surface area is 390 Å². The summed E-state index contributed by atoms with van der Waals surface area (Å²) in [5.41, 5.74) is 8.28. The fourth-order valence-corrected chi connectivity index (χ4v) is 9.00. The van der Waals surface area contributed by atoms with Crippen LogP contribution in [0.4, 0.5) is 9.93 Å². The molecule has 2 aliphatic rings. The molecule has 5 aromatic rings. The highest BCUT2D eigenvalue weighted by molar-refractivity contribution is 8.00. The lowest BCUT2D eigenvalue weighted by atomic mass is 10.0. The van der Waals surface area contributed by atoms with E-state index >= 15 is 0 Å². The van der Waals surface area contributed by atoms with Crippen molar-refractivity contribution < 1.29 is 43.0 Å². The molecule has 2 aliphatic heterocycles. The number of ether oxygens (including phenoxy) is 3. The Morgan fingerprint density at radius 1 is 0.864 bits per heavy atom. The summed E-state index contributed by atoms with van der Waals surface area (Å²) in [4.78, 5) is 80.2. The summed E-state index contributed by atoms with van der Waals surface area (Å²) in [6.45, 7) is 8.65. The molecule has 15 nitrogen and oxygen atoms in total. The molecule has 66 heavy (non-hydrogen) atoms. The van der Waals surface area contributed by atoms with Crippen LogP contribution in [0.3, 0.4) is 0 Å². The average molecular weight is 929 g/mol. The van der Waals surface area contributed by atoms with E-state index in [1.165, 1.54) is 28.1 Å². The molecule has 0 aliphatic carbocycles. The second-order valence-corrected chi connectivity index (χ2v) is 18.0. The van der Waals surface area contributed by atoms with Crippen molar-refractivity contribution in [2.45, 2.75) is 62.5 Å². The quantitative estimate of drug-likeness (QED) is 0.0211. The van der Waals surface area contributed by atoms with Crippen LogP contribution in [0.25, 0.3) is 0 Å². The highest BCUT2D eigenvalue weighted by Crippen LogP contribution is 2.42. The molecule has 4 N–H and O–H groups in total. The Morgan fingerprint density at radius 2 is 1.39 bits per heavy atom. The number of amides is 3. The lowest BCUT2D eigenvalue weighted by molar-refractivity contribution is -0.154. The van der Waals surface area contributed by atoms with E-state index in [-0.39, 0.29) is 35.3 Å². The third kappa shape index (κ3) is 11.3. The number of hydrogen-bond donors (Lipinski definition) is 3. The van der Waals surface area contributed by atoms with Gasteiger partial charge in [0.1, 0.15) is 41.1 Å². The molecule has 17 heteroatoms. The molecule has 0 spiro atoms. The number of nitrogens with zero attached hydrogens (tertiary/aromatic N) is 3. The van der Waals surface area contributed by atoms with Gasteiger partial charge in [-0.2, -0.15) is 0 Å². The van der Waals surface area contributed by atoms with E-state index in [1.54, 1.807) is 20.8 Å². The lowest BCUT2D eigenvalue weighted by Gasteiger charge is -2.49. The molecule has 0 saturated carbocycles. The zero-order valence-electron chi connectivity index (χ0n) is 36.3. The van der Waals surface area contributed by atoms with Crippen LogP contribution in [-0.2, 0) is 38.2 Å². The minimum atomic E-state index is -1.27. The third-order valence-corrected chi connectivity index (χ3v) is 12.2. The van der Waals surface area contributed by atoms with Crippen molar-refractivity contribution in [1.82, 2.24) is 20.5 Å². The van der Waals surface area contributed by atoms with Gasteiger partial charge in [-0.1, -0.05) is 139 Å². The maximum Gasteiger partial charge on any atom is 0.408 e. The van der Waals surface area contributed by atoms with Crippen molar-refractivity contribution in [3.63, 3.8) is 0 Å². The van der Waals surface area contributed by atoms with E-state index in [2.05, 4.69) is 27.4 Å². The number of nitrogen functional groups attached to an aromatic ring is 1. The van der Waals surface area contributed by atoms with Gasteiger partial charge in [-0.05, 0) is 48.6 Å². The van der Waals surface area contributed by atoms with Crippen LogP contribution in [0.2, 0.25) is 0 Å². The molecule has 7 rings (SSSR count). The van der Waals surface area contributed by atoms with Gasteiger partial charge in [0.05, 0.1) is 0 Å². The summed E-state index contributed by atoms with van der Waals surface area (Å²) < 4.78 is 17.7. The van der Waals surface area contributed by atoms with Crippen LogP contribution in [0.15, 0.2) is 156 Å². The number of carbonyl (C=O) groups is 5. The van der Waals surface area contributed by atoms with Gasteiger partial charge in [-0.3, -0.25) is 14.5 Å². The number of β-lactam (4-membered cyclic amide) rings is 1. The first-order valence-corrected chi connectivity index (χ1v) is 22.9. The van der Waals surface area contributed by atoms with Gasteiger partial charge in [-0.25, -0.2) is 19.4 Å². The predicted molar refractivity (Wildman–Crippen MR) is 251 cm³/mol. The number of allylic oxidation sites excluding steroid dienone is 1. The summed E-state index contributed by atoms with van der Waals surface area (Å²) in [5, 5.41) is 10.4. The second kappa shape index (κ2) is 21.2. The summed E-state index contributed by atoms with van der Waals surface area (Å²) in [5.74, 6) is -2.56. The number of benzene rings is 4. The van der Waals surface area contributed by atoms with Crippen molar-refractivity contribution >= 4 is 63.8 Å². The van der Waals surface area contributed by atoms with Crippen molar-refractivity contribution in [3.8, 4) is 0 Å². The molecular weight excluding hydrogens is 881 g/mol. The molecule has 2 unspecified atom stereocenters. The SMILES string of the molecule is C=CC1=C(C(=O)OC(c2ccccc2)c2ccccc2)N2C(=O)C(NC(=O)C(=NOCCC(NC(=O)OC(C)(C)C)C(=O)OC(c3ccccc3)c3ccccc3)c3csc(N)n3)[C@H]2SC1. The van der Waals surface area contributed by atoms with Crippen molar-refractivity contribution in [1.29, 1.82) is 0 Å². The minimum absolute atomic E-state index is 0.0394. The van der Waals surface area contributed by atoms with Crippen molar-refractivity contribution in [3.05, 3.63) is 179 Å². The zero-order valence-corrected chi connectivity index (χ0v) is 38.0. The third-order valence-electron chi connectivity index (χ3n) is 10.2. The maximum atomic E-state index is 14.1. The van der Waals surface area contributed by atoms with E-state index < -0.39 is 65.1 Å². The Bertz CT molecular complexity index is 2520. The molecule has 1 saturated heterocycles. The highest BCUT2D eigenvalue weighted by Gasteiger charge is 2.54. The Balaban J connectivity index is 1.06. The van der Waals surface area contributed by atoms with Gasteiger partial charge in [0.15, 0.2) is 23.1 Å². The number of thioether (sulfide) groups is 1. The second-order valence-electron chi connectivity index (χ2n) is 16.0. The van der Waals surface area contributed by atoms with Crippen LogP contribution in [0.1, 0.15) is 67.3 Å². The van der Waals surface area contributed by atoms with Crippen LogP contribution < -0.4 is 16.4 Å². The maximum absolute atomic E-state index is 14.1. The first-order valence-electron chi connectivity index (χ1n) is 20.9. The molecule has 3 amide bonds. The molecule has 3 heterocycles. The first-order chi connectivity index (χ1) is 31.8. The fraction of sp³-hybridized carbons (Fsp3) is 0.245. The van der Waals surface area contributed by atoms with Crippen LogP contribution in [0.5, 0.6) is 0 Å². The Morgan fingerprint density at radius 3 is 1.88 bits per heavy atom. The fourth-order valence-electron chi connectivity index (χ4n) is 7.11. The van der Waals surface area contributed by atoms with Gasteiger partial charge in [-0.15, -0.1) is 23.1 Å². The number of anilines is 1. The monoisotopic (exact) mass is 928 g/mol. The minimum Gasteiger partial charge on any atom is -0.451 e. The molecule has 1 fully saturated rings. The molecule has 340 valence electrons. The predicted octanol–water partition coefficient (Wildman–Crippen LogP) is 7.24. The number of oxime groups is 1. The number of rotatable bonds is 17. The summed E-state index contributed by atoms with van der Waals surface area (Å²) >= 11 is 2.40. The van der Waals surface area contributed by atoms with Crippen LogP contribution in [0, 0.1) is 0 Å². The number of aromatic nitrogens is 1. The standard InChI is InChI=1S/C49H48N6O9S2/c1-5-30-28-65-44-38(43(57)55(44)39(30)46(59)63-41(33-22-14-8-15-23-33)34-24-16-9-17-25-34)53-42(56)37(36-29-66-47(50)51-36)54-61-27-26-35(52-48(60)64-49(2,3)4)45(58)62-40(31-18-10-6-11-19-31)32-20-12-7-13-21-32/h5-25,29,35,38,40-41,44H,1,26-28H2,2-4H3,(H2,50,51)(H,52,60)(H,53,56)/t35?,38?,44-/m1/s1. The van der Waals surface area contributed by atoms with Gasteiger partial charge in [0.2, 0.25) is 0 Å². The Kier molecular flexibility index (Phi) is 15.0. The van der Waals surface area contributed by atoms with Crippen LogP contribution in [-0.4, -0.2) is 80.9 Å². The lowest BCUT2D eigenvalue weighted by Crippen LogP contribution is -2.71. The molecule has 1 aromatic heterocycles. The van der Waals surface area contributed by atoms with Gasteiger partial charge in [0.25, 0.3) is 11.8 Å². The first kappa shape index (κ1) is 46.7. The number of carbonyl (C=O) groups excluding carboxylic acids is 5. The molecule has 0 radical (unpaired) electrons. The summed E-state index contributed by atoms with van der Waals surface area (Å²) in [7, 11) is 0. The number of thiazole rings is 1. The number of alkyl carbamates (subject to hydrolysis) is 1. The normalized spacial score (nSPS) is 16.4. The Hall–Kier alpha value is -7.24. The topological polar surface area (TPSA) is 201 Å². The van der Waals surface area contributed by atoms with Crippen LogP contribution >= 0.6 is 23.1 Å². The smallest absolute Gasteiger partial charge is 0.408 e.